The van der Waals surface area contributed by atoms with Gasteiger partial charge in [0.1, 0.15) is 4.88 Å². The van der Waals surface area contributed by atoms with E-state index in [1.54, 1.807) is 24.3 Å². The predicted molar refractivity (Wildman–Crippen MR) is 102 cm³/mol. The molecule has 0 saturated heterocycles. The number of thioether (sulfide) groups is 1. The van der Waals surface area contributed by atoms with E-state index in [-0.39, 0.29) is 5.75 Å². The number of aryl methyl sites for hydroxylation is 2. The van der Waals surface area contributed by atoms with Crippen molar-refractivity contribution >= 4 is 48.9 Å². The van der Waals surface area contributed by atoms with Crippen molar-refractivity contribution in [1.29, 1.82) is 0 Å². The van der Waals surface area contributed by atoms with Gasteiger partial charge in [-0.1, -0.05) is 27.7 Å². The van der Waals surface area contributed by atoms with Crippen LogP contribution in [0.5, 0.6) is 0 Å². The van der Waals surface area contributed by atoms with E-state index < -0.39 is 9.84 Å². The zero-order valence-electron chi connectivity index (χ0n) is 13.4. The van der Waals surface area contributed by atoms with Crippen LogP contribution in [-0.2, 0) is 9.84 Å². The molecule has 6 nitrogen and oxygen atoms in total. The first-order valence-corrected chi connectivity index (χ1v) is 11.5. The lowest BCUT2D eigenvalue weighted by Crippen LogP contribution is -2.08. The summed E-state index contributed by atoms with van der Waals surface area (Å²) in [5.74, 6) is 0.748. The average Bonchev–Trinajstić information content (AvgIpc) is 3.13. The zero-order valence-corrected chi connectivity index (χ0v) is 17.4. The summed E-state index contributed by atoms with van der Waals surface area (Å²) in [6.07, 6.45) is 0. The molecule has 0 radical (unpaired) electrons. The van der Waals surface area contributed by atoms with Crippen LogP contribution in [0.2, 0.25) is 0 Å². The molecule has 0 aliphatic heterocycles. The van der Waals surface area contributed by atoms with Gasteiger partial charge in [-0.15, -0.1) is 21.5 Å². The zero-order chi connectivity index (χ0) is 18.0. The first-order valence-electron chi connectivity index (χ1n) is 7.24. The monoisotopic (exact) mass is 459 g/mol. The molecule has 0 spiro atoms. The highest BCUT2D eigenvalue weighted by Crippen LogP contribution is 2.30. The summed E-state index contributed by atoms with van der Waals surface area (Å²) in [6, 6.07) is 6.60. The van der Waals surface area contributed by atoms with E-state index in [0.29, 0.717) is 21.8 Å². The molecule has 0 saturated carbocycles. The minimum atomic E-state index is -3.34. The predicted octanol–water partition coefficient (Wildman–Crippen LogP) is 4.14. The lowest BCUT2D eigenvalue weighted by Gasteiger charge is -2.03. The maximum absolute atomic E-state index is 12.3. The fourth-order valence-electron chi connectivity index (χ4n) is 2.09. The van der Waals surface area contributed by atoms with Crippen molar-refractivity contribution in [2.24, 2.45) is 0 Å². The van der Waals surface area contributed by atoms with Gasteiger partial charge in [0, 0.05) is 10.2 Å². The number of thiazole rings is 1. The van der Waals surface area contributed by atoms with Crippen LogP contribution in [0.25, 0.3) is 10.8 Å². The van der Waals surface area contributed by atoms with Crippen LogP contribution >= 0.6 is 39.0 Å². The van der Waals surface area contributed by atoms with Gasteiger partial charge in [-0.05, 0) is 38.1 Å². The van der Waals surface area contributed by atoms with Gasteiger partial charge in [0.2, 0.25) is 0 Å². The molecule has 10 heteroatoms. The van der Waals surface area contributed by atoms with Gasteiger partial charge < -0.3 is 4.42 Å². The molecule has 2 heterocycles. The molecule has 0 unspecified atom stereocenters. The molecule has 0 aliphatic rings. The number of hydrogen-bond acceptors (Lipinski definition) is 8. The number of aromatic nitrogens is 3. The first kappa shape index (κ1) is 18.6. The summed E-state index contributed by atoms with van der Waals surface area (Å²) < 4.78 is 31.1. The Hall–Kier alpha value is -1.23. The van der Waals surface area contributed by atoms with E-state index in [1.165, 1.54) is 23.1 Å². The van der Waals surface area contributed by atoms with E-state index in [0.717, 1.165) is 20.1 Å². The third-order valence-corrected chi connectivity index (χ3v) is 7.65. The molecule has 0 aliphatic carbocycles. The summed E-state index contributed by atoms with van der Waals surface area (Å²) in [7, 11) is -3.34. The van der Waals surface area contributed by atoms with Crippen LogP contribution in [0.4, 0.5) is 0 Å². The van der Waals surface area contributed by atoms with Gasteiger partial charge in [0.05, 0.1) is 21.3 Å². The fraction of sp³-hybridized carbons (Fsp3) is 0.267. The van der Waals surface area contributed by atoms with Crippen LogP contribution in [0.1, 0.15) is 10.7 Å². The Kier molecular flexibility index (Phi) is 5.62. The molecule has 0 fully saturated rings. The summed E-state index contributed by atoms with van der Waals surface area (Å²) in [6.45, 7) is 3.81. The normalized spacial score (nSPS) is 11.8. The largest absolute Gasteiger partial charge is 0.410 e. The molecular weight excluding hydrogens is 446 g/mol. The highest BCUT2D eigenvalue weighted by Gasteiger charge is 2.17. The third kappa shape index (κ3) is 4.49. The molecule has 132 valence electrons. The summed E-state index contributed by atoms with van der Waals surface area (Å²) >= 11 is 6.01. The summed E-state index contributed by atoms with van der Waals surface area (Å²) in [5, 5.41) is 9.28. The molecule has 3 aromatic rings. The second-order valence-corrected chi connectivity index (χ2v) is 10.4. The minimum absolute atomic E-state index is 0.00426. The number of sulfone groups is 1. The summed E-state index contributed by atoms with van der Waals surface area (Å²) in [4.78, 5) is 5.48. The number of benzene rings is 1. The highest BCUT2D eigenvalue weighted by molar-refractivity contribution is 9.10. The quantitative estimate of drug-likeness (QED) is 0.511. The Bertz CT molecular complexity index is 981. The lowest BCUT2D eigenvalue weighted by atomic mass is 10.4. The van der Waals surface area contributed by atoms with Crippen LogP contribution in [-0.4, -0.2) is 35.1 Å². The van der Waals surface area contributed by atoms with Gasteiger partial charge in [-0.25, -0.2) is 13.4 Å². The Morgan fingerprint density at radius 1 is 1.20 bits per heavy atom. The van der Waals surface area contributed by atoms with Crippen molar-refractivity contribution in [2.75, 3.05) is 11.5 Å². The van der Waals surface area contributed by atoms with Crippen molar-refractivity contribution in [3.05, 3.63) is 39.4 Å². The molecule has 2 aromatic heterocycles. The number of nitrogens with zero attached hydrogens (tertiary/aromatic N) is 3. The van der Waals surface area contributed by atoms with Crippen molar-refractivity contribution in [3.63, 3.8) is 0 Å². The molecule has 3 rings (SSSR count). The Morgan fingerprint density at radius 3 is 2.56 bits per heavy atom. The van der Waals surface area contributed by atoms with E-state index in [1.807, 2.05) is 13.8 Å². The fourth-order valence-corrected chi connectivity index (χ4v) is 5.60. The van der Waals surface area contributed by atoms with E-state index in [4.69, 9.17) is 4.42 Å². The van der Waals surface area contributed by atoms with E-state index in [2.05, 4.69) is 31.1 Å². The highest BCUT2D eigenvalue weighted by atomic mass is 79.9. The molecule has 1 aromatic carbocycles. The van der Waals surface area contributed by atoms with E-state index in [9.17, 15) is 8.42 Å². The maximum atomic E-state index is 12.3. The van der Waals surface area contributed by atoms with Crippen molar-refractivity contribution in [1.82, 2.24) is 15.2 Å². The number of rotatable bonds is 6. The first-order chi connectivity index (χ1) is 11.8. The minimum Gasteiger partial charge on any atom is -0.410 e. The molecule has 0 atom stereocenters. The topological polar surface area (TPSA) is 86.0 Å². The van der Waals surface area contributed by atoms with Gasteiger partial charge in [0.15, 0.2) is 9.84 Å². The van der Waals surface area contributed by atoms with Crippen LogP contribution < -0.4 is 0 Å². The molecule has 0 bridgehead atoms. The summed E-state index contributed by atoms with van der Waals surface area (Å²) in [5.41, 5.74) is 0.848. The SMILES string of the molecule is Cc1nc(C)c(-c2nnc(SCCS(=O)(=O)c3ccc(Br)cc3)o2)s1. The number of hydrogen-bond donors (Lipinski definition) is 0. The Balaban J connectivity index is 1.63. The van der Waals surface area contributed by atoms with Crippen molar-refractivity contribution < 1.29 is 12.8 Å². The van der Waals surface area contributed by atoms with E-state index >= 15 is 0 Å². The Morgan fingerprint density at radius 2 is 1.92 bits per heavy atom. The number of halogens is 1. The second kappa shape index (κ2) is 7.56. The average molecular weight is 460 g/mol. The Labute approximate surface area is 162 Å². The van der Waals surface area contributed by atoms with Crippen molar-refractivity contribution in [3.8, 4) is 10.8 Å². The molecular formula is C15H14BrN3O3S3. The maximum Gasteiger partial charge on any atom is 0.276 e. The van der Waals surface area contributed by atoms with Crippen LogP contribution in [0, 0.1) is 13.8 Å². The van der Waals surface area contributed by atoms with Gasteiger partial charge in [-0.2, -0.15) is 0 Å². The molecule has 0 amide bonds. The standard InChI is InChI=1S/C15H14BrN3O3S3/c1-9-13(24-10(2)17-9)14-18-19-15(22-14)23-7-8-25(20,21)12-5-3-11(16)4-6-12/h3-6H,7-8H2,1-2H3. The van der Waals surface area contributed by atoms with Crippen molar-refractivity contribution in [2.45, 2.75) is 24.0 Å². The van der Waals surface area contributed by atoms with Gasteiger partial charge >= 0.3 is 0 Å². The molecule has 25 heavy (non-hydrogen) atoms. The smallest absolute Gasteiger partial charge is 0.276 e. The third-order valence-electron chi connectivity index (χ3n) is 3.25. The second-order valence-electron chi connectivity index (χ2n) is 5.14. The van der Waals surface area contributed by atoms with Gasteiger partial charge in [0.25, 0.3) is 11.1 Å². The molecule has 0 N–H and O–H groups in total. The van der Waals surface area contributed by atoms with Crippen LogP contribution in [0.15, 0.2) is 43.3 Å². The lowest BCUT2D eigenvalue weighted by molar-refractivity contribution is 0.466. The van der Waals surface area contributed by atoms with Crippen LogP contribution in [0.3, 0.4) is 0 Å². The van der Waals surface area contributed by atoms with Gasteiger partial charge in [-0.3, -0.25) is 0 Å².